The Hall–Kier alpha value is -4.89. The van der Waals surface area contributed by atoms with Gasteiger partial charge in [-0.2, -0.15) is 19.7 Å². The summed E-state index contributed by atoms with van der Waals surface area (Å²) >= 11 is 1.13. The molecule has 0 saturated heterocycles. The van der Waals surface area contributed by atoms with Crippen LogP contribution < -0.4 is 20.4 Å². The van der Waals surface area contributed by atoms with Gasteiger partial charge in [0.1, 0.15) is 11.4 Å². The van der Waals surface area contributed by atoms with Crippen LogP contribution in [0, 0.1) is 0 Å². The van der Waals surface area contributed by atoms with E-state index in [0.717, 1.165) is 46.7 Å². The first-order chi connectivity index (χ1) is 20.6. The lowest BCUT2D eigenvalue weighted by Crippen LogP contribution is -2.26. The molecule has 42 heavy (non-hydrogen) atoms. The zero-order chi connectivity index (χ0) is 28.9. The van der Waals surface area contributed by atoms with Gasteiger partial charge in [0.2, 0.25) is 4.96 Å². The largest absolute Gasteiger partial charge is 0.494 e. The third-order valence-corrected chi connectivity index (χ3v) is 7.84. The Kier molecular flexibility index (Phi) is 8.00. The molecule has 0 aliphatic carbocycles. The van der Waals surface area contributed by atoms with Crippen molar-refractivity contribution in [2.45, 2.75) is 32.6 Å². The molecule has 0 unspecified atom stereocenters. The smallest absolute Gasteiger partial charge is 0.300 e. The molecule has 210 valence electrons. The maximum Gasteiger partial charge on any atom is 0.300 e. The molecule has 9 heteroatoms. The van der Waals surface area contributed by atoms with E-state index in [4.69, 9.17) is 9.84 Å². The first kappa shape index (κ1) is 27.3. The quantitative estimate of drug-likeness (QED) is 0.199. The predicted molar refractivity (Wildman–Crippen MR) is 166 cm³/mol. The lowest BCUT2D eigenvalue weighted by molar-refractivity contribution is 0.305. The zero-order valence-electron chi connectivity index (χ0n) is 23.1. The molecule has 0 atom stereocenters. The van der Waals surface area contributed by atoms with Crippen LogP contribution in [0.15, 0.2) is 101 Å². The van der Waals surface area contributed by atoms with Gasteiger partial charge in [-0.25, -0.2) is 4.68 Å². The lowest BCUT2D eigenvalue weighted by atomic mass is 10.1. The molecule has 0 spiro atoms. The summed E-state index contributed by atoms with van der Waals surface area (Å²) in [6.45, 7) is 2.88. The summed E-state index contributed by atoms with van der Waals surface area (Å²) < 4.78 is 9.33. The minimum atomic E-state index is -0.473. The second-order valence-corrected chi connectivity index (χ2v) is 10.9. The van der Waals surface area contributed by atoms with Crippen molar-refractivity contribution in [3.8, 4) is 34.0 Å². The van der Waals surface area contributed by atoms with Crippen LogP contribution in [-0.2, 0) is 0 Å². The fourth-order valence-corrected chi connectivity index (χ4v) is 5.58. The number of unbranched alkanes of at least 4 members (excludes halogenated alkanes) is 3. The SMILES string of the molecule is CCCCCCOc1ccc(-c2nn(-c3ccccc3)cc2C=c2sc3nc(=O)c(-c4ccccc4)nn3c2=O)cc1. The van der Waals surface area contributed by atoms with Crippen LogP contribution in [0.25, 0.3) is 39.2 Å². The highest BCUT2D eigenvalue weighted by Crippen LogP contribution is 2.27. The molecule has 0 fully saturated rings. The number of hydrogen-bond acceptors (Lipinski definition) is 7. The number of aromatic nitrogens is 5. The summed E-state index contributed by atoms with van der Waals surface area (Å²) in [5.41, 5.74) is 3.18. The van der Waals surface area contributed by atoms with Crippen molar-refractivity contribution in [3.05, 3.63) is 122 Å². The first-order valence-corrected chi connectivity index (χ1v) is 14.8. The number of thiazole rings is 1. The molecule has 8 nitrogen and oxygen atoms in total. The van der Waals surface area contributed by atoms with E-state index in [1.165, 1.54) is 17.4 Å². The molecule has 6 aromatic rings. The maximum atomic E-state index is 13.5. The van der Waals surface area contributed by atoms with E-state index in [9.17, 15) is 9.59 Å². The van der Waals surface area contributed by atoms with E-state index >= 15 is 0 Å². The van der Waals surface area contributed by atoms with Crippen molar-refractivity contribution < 1.29 is 4.74 Å². The van der Waals surface area contributed by atoms with Gasteiger partial charge >= 0.3 is 5.56 Å². The standard InChI is InChI=1S/C33H29N5O3S/c1-2-3-4-11-20-41-27-18-16-24(17-19-27)29-25(22-37(35-29)26-14-9-6-10-15-26)21-28-32(40)38-33(42-28)34-31(39)30(36-38)23-12-7-5-8-13-23/h5-10,12-19,21-22H,2-4,11,20H2,1H3. The van der Waals surface area contributed by atoms with Gasteiger partial charge in [0.05, 0.1) is 16.8 Å². The third kappa shape index (κ3) is 5.77. The highest BCUT2D eigenvalue weighted by atomic mass is 32.1. The molecule has 3 heterocycles. The fraction of sp³-hybridized carbons (Fsp3) is 0.182. The minimum absolute atomic E-state index is 0.139. The molecular weight excluding hydrogens is 546 g/mol. The topological polar surface area (TPSA) is 91.4 Å². The van der Waals surface area contributed by atoms with E-state index in [2.05, 4.69) is 17.0 Å². The van der Waals surface area contributed by atoms with E-state index in [-0.39, 0.29) is 16.2 Å². The molecule has 0 aliphatic heterocycles. The number of rotatable bonds is 10. The number of fused-ring (bicyclic) bond motifs is 1. The van der Waals surface area contributed by atoms with Gasteiger partial charge in [-0.3, -0.25) is 9.59 Å². The van der Waals surface area contributed by atoms with E-state index in [1.54, 1.807) is 22.9 Å². The van der Waals surface area contributed by atoms with Gasteiger partial charge in [-0.15, -0.1) is 0 Å². The number of nitrogens with zero attached hydrogens (tertiary/aromatic N) is 5. The highest BCUT2D eigenvalue weighted by Gasteiger charge is 2.15. The van der Waals surface area contributed by atoms with Crippen LogP contribution in [-0.4, -0.2) is 31.0 Å². The second kappa shape index (κ2) is 12.3. The average Bonchev–Trinajstić information content (AvgIpc) is 3.58. The maximum absolute atomic E-state index is 13.5. The first-order valence-electron chi connectivity index (χ1n) is 14.0. The lowest BCUT2D eigenvalue weighted by Gasteiger charge is -2.07. The zero-order valence-corrected chi connectivity index (χ0v) is 24.0. The van der Waals surface area contributed by atoms with Crippen molar-refractivity contribution >= 4 is 22.4 Å². The molecule has 0 radical (unpaired) electrons. The predicted octanol–water partition coefficient (Wildman–Crippen LogP) is 5.54. The summed E-state index contributed by atoms with van der Waals surface area (Å²) in [6, 6.07) is 26.7. The molecule has 0 bridgehead atoms. The molecule has 3 aromatic carbocycles. The van der Waals surface area contributed by atoms with Crippen molar-refractivity contribution in [1.29, 1.82) is 0 Å². The Balaban J connectivity index is 1.40. The molecule has 3 aromatic heterocycles. The van der Waals surface area contributed by atoms with E-state index in [1.807, 2.05) is 79.0 Å². The summed E-state index contributed by atoms with van der Waals surface area (Å²) in [5.74, 6) is 0.811. The normalized spacial score (nSPS) is 11.8. The molecule has 0 aliphatic rings. The van der Waals surface area contributed by atoms with Crippen LogP contribution in [0.3, 0.4) is 0 Å². The molecule has 0 amide bonds. The molecule has 6 rings (SSSR count). The van der Waals surface area contributed by atoms with Crippen LogP contribution in [0.1, 0.15) is 38.2 Å². The Morgan fingerprint density at radius 1 is 0.810 bits per heavy atom. The number of hydrogen-bond donors (Lipinski definition) is 0. The average molecular weight is 576 g/mol. The number of benzene rings is 3. The molecular formula is C33H29N5O3S. The summed E-state index contributed by atoms with van der Waals surface area (Å²) in [4.78, 5) is 30.6. The second-order valence-electron chi connectivity index (χ2n) is 9.89. The Morgan fingerprint density at radius 3 is 2.26 bits per heavy atom. The van der Waals surface area contributed by atoms with Crippen molar-refractivity contribution in [2.75, 3.05) is 6.61 Å². The number of para-hydroxylation sites is 1. The Morgan fingerprint density at radius 2 is 1.52 bits per heavy atom. The van der Waals surface area contributed by atoms with Crippen molar-refractivity contribution in [1.82, 2.24) is 24.4 Å². The monoisotopic (exact) mass is 575 g/mol. The van der Waals surface area contributed by atoms with Gasteiger partial charge in [0.25, 0.3) is 5.56 Å². The van der Waals surface area contributed by atoms with E-state index in [0.29, 0.717) is 22.4 Å². The van der Waals surface area contributed by atoms with E-state index < -0.39 is 5.56 Å². The van der Waals surface area contributed by atoms with Gasteiger partial charge in [0.15, 0.2) is 5.69 Å². The third-order valence-electron chi connectivity index (χ3n) is 6.88. The summed E-state index contributed by atoms with van der Waals surface area (Å²) in [5, 5.41) is 9.26. The Bertz CT molecular complexity index is 1980. The van der Waals surface area contributed by atoms with Gasteiger partial charge < -0.3 is 4.74 Å². The molecule has 0 N–H and O–H groups in total. The fourth-order valence-electron chi connectivity index (χ4n) is 4.69. The summed E-state index contributed by atoms with van der Waals surface area (Å²) in [6.07, 6.45) is 8.29. The van der Waals surface area contributed by atoms with Gasteiger partial charge in [-0.1, -0.05) is 86.1 Å². The Labute approximate surface area is 246 Å². The summed E-state index contributed by atoms with van der Waals surface area (Å²) in [7, 11) is 0. The number of ether oxygens (including phenoxy) is 1. The minimum Gasteiger partial charge on any atom is -0.494 e. The molecule has 0 saturated carbocycles. The van der Waals surface area contributed by atoms with Crippen LogP contribution in [0.2, 0.25) is 0 Å². The van der Waals surface area contributed by atoms with Crippen molar-refractivity contribution in [2.24, 2.45) is 0 Å². The highest BCUT2D eigenvalue weighted by molar-refractivity contribution is 7.15. The van der Waals surface area contributed by atoms with Gasteiger partial charge in [0, 0.05) is 22.9 Å². The van der Waals surface area contributed by atoms with Crippen LogP contribution in [0.4, 0.5) is 0 Å². The van der Waals surface area contributed by atoms with Crippen LogP contribution >= 0.6 is 11.3 Å². The van der Waals surface area contributed by atoms with Gasteiger partial charge in [-0.05, 0) is 48.9 Å². The van der Waals surface area contributed by atoms with Crippen molar-refractivity contribution in [3.63, 3.8) is 0 Å². The van der Waals surface area contributed by atoms with Crippen LogP contribution in [0.5, 0.6) is 5.75 Å².